The summed E-state index contributed by atoms with van der Waals surface area (Å²) < 4.78 is 0. The van der Waals surface area contributed by atoms with Crippen molar-refractivity contribution in [2.45, 2.75) is 59.0 Å². The molecule has 0 aromatic carbocycles. The molecule has 3 unspecified atom stereocenters. The van der Waals surface area contributed by atoms with Crippen LogP contribution in [0.25, 0.3) is 0 Å². The van der Waals surface area contributed by atoms with Gasteiger partial charge in [0.1, 0.15) is 0 Å². The van der Waals surface area contributed by atoms with Crippen molar-refractivity contribution in [2.75, 3.05) is 6.54 Å². The summed E-state index contributed by atoms with van der Waals surface area (Å²) in [5, 5.41) is 0. The van der Waals surface area contributed by atoms with Crippen LogP contribution >= 0.6 is 0 Å². The Morgan fingerprint density at radius 3 is 2.29 bits per heavy atom. The van der Waals surface area contributed by atoms with E-state index in [1.165, 1.54) is 25.8 Å². The van der Waals surface area contributed by atoms with Gasteiger partial charge in [-0.05, 0) is 50.9 Å². The number of hydrogen-bond acceptors (Lipinski definition) is 1. The average Bonchev–Trinajstić information content (AvgIpc) is 2.41. The Bertz CT molecular complexity index is 195. The van der Waals surface area contributed by atoms with Gasteiger partial charge >= 0.3 is 0 Å². The molecule has 3 atom stereocenters. The van der Waals surface area contributed by atoms with E-state index in [1.54, 1.807) is 0 Å². The van der Waals surface area contributed by atoms with Gasteiger partial charge in [-0.1, -0.05) is 13.8 Å². The molecule has 1 saturated carbocycles. The lowest BCUT2D eigenvalue weighted by Gasteiger charge is -2.33. The van der Waals surface area contributed by atoms with E-state index in [9.17, 15) is 0 Å². The zero-order valence-corrected chi connectivity index (χ0v) is 10.2. The molecule has 2 bridgehead atoms. The molecule has 14 heavy (non-hydrogen) atoms. The number of fused-ring (bicyclic) bond motifs is 2. The molecule has 0 spiro atoms. The highest BCUT2D eigenvalue weighted by atomic mass is 15.2. The maximum absolute atomic E-state index is 2.74. The van der Waals surface area contributed by atoms with Crippen LogP contribution in [-0.2, 0) is 0 Å². The van der Waals surface area contributed by atoms with Crippen molar-refractivity contribution in [2.24, 2.45) is 17.8 Å². The first kappa shape index (κ1) is 10.5. The fraction of sp³-hybridized carbons (Fsp3) is 1.00. The van der Waals surface area contributed by atoms with Crippen molar-refractivity contribution >= 4 is 0 Å². The van der Waals surface area contributed by atoms with Crippen LogP contribution < -0.4 is 0 Å². The predicted octanol–water partition coefficient (Wildman–Crippen LogP) is 3.15. The fourth-order valence-electron chi connectivity index (χ4n) is 3.49. The van der Waals surface area contributed by atoms with E-state index >= 15 is 0 Å². The monoisotopic (exact) mass is 195 g/mol. The lowest BCUT2D eigenvalue weighted by atomic mass is 9.76. The quantitative estimate of drug-likeness (QED) is 0.654. The summed E-state index contributed by atoms with van der Waals surface area (Å²) in [5.74, 6) is 2.92. The second-order valence-electron chi connectivity index (χ2n) is 6.02. The van der Waals surface area contributed by atoms with Crippen LogP contribution in [0, 0.1) is 17.8 Å². The van der Waals surface area contributed by atoms with Gasteiger partial charge in [-0.2, -0.15) is 0 Å². The van der Waals surface area contributed by atoms with Crippen LogP contribution in [0.4, 0.5) is 0 Å². The summed E-state index contributed by atoms with van der Waals surface area (Å²) in [6.07, 6.45) is 4.45. The highest BCUT2D eigenvalue weighted by Crippen LogP contribution is 2.42. The highest BCUT2D eigenvalue weighted by molar-refractivity contribution is 4.94. The average molecular weight is 195 g/mol. The Balaban J connectivity index is 2.01. The van der Waals surface area contributed by atoms with Gasteiger partial charge in [0.05, 0.1) is 0 Å². The molecule has 0 radical (unpaired) electrons. The largest absolute Gasteiger partial charge is 0.298 e. The summed E-state index contributed by atoms with van der Waals surface area (Å²) in [4.78, 5) is 2.74. The molecular formula is C13H25N. The number of nitrogens with zero attached hydrogens (tertiary/aromatic N) is 1. The van der Waals surface area contributed by atoms with E-state index in [-0.39, 0.29) is 0 Å². The number of rotatable bonds is 2. The predicted molar refractivity (Wildman–Crippen MR) is 61.3 cm³/mol. The summed E-state index contributed by atoms with van der Waals surface area (Å²) in [5.41, 5.74) is 0. The van der Waals surface area contributed by atoms with Gasteiger partial charge in [-0.15, -0.1) is 0 Å². The first-order valence-corrected chi connectivity index (χ1v) is 6.33. The molecule has 1 saturated heterocycles. The van der Waals surface area contributed by atoms with Gasteiger partial charge < -0.3 is 0 Å². The molecule has 0 aromatic rings. The zero-order chi connectivity index (χ0) is 10.3. The molecule has 1 nitrogen and oxygen atoms in total. The van der Waals surface area contributed by atoms with Crippen LogP contribution in [0.3, 0.4) is 0 Å². The highest BCUT2D eigenvalue weighted by Gasteiger charge is 2.40. The van der Waals surface area contributed by atoms with E-state index in [4.69, 9.17) is 0 Å². The van der Waals surface area contributed by atoms with Crippen molar-refractivity contribution in [1.29, 1.82) is 0 Å². The van der Waals surface area contributed by atoms with Gasteiger partial charge in [0.2, 0.25) is 0 Å². The lowest BCUT2D eigenvalue weighted by Crippen LogP contribution is -2.36. The first-order valence-electron chi connectivity index (χ1n) is 6.33. The molecule has 82 valence electrons. The zero-order valence-electron chi connectivity index (χ0n) is 10.2. The van der Waals surface area contributed by atoms with Crippen molar-refractivity contribution < 1.29 is 0 Å². The third-order valence-electron chi connectivity index (χ3n) is 4.36. The SMILES string of the molecule is CC(C)C1CC2CC(C1)N(C(C)C)C2. The molecule has 1 aliphatic carbocycles. The van der Waals surface area contributed by atoms with Gasteiger partial charge in [0, 0.05) is 18.6 Å². The van der Waals surface area contributed by atoms with Crippen LogP contribution in [0.1, 0.15) is 47.0 Å². The lowest BCUT2D eigenvalue weighted by molar-refractivity contribution is 0.165. The standard InChI is InChI=1S/C13H25N/c1-9(2)12-5-11-6-13(7-12)14(8-11)10(3)4/h9-13H,5-8H2,1-4H3. The molecule has 2 fully saturated rings. The van der Waals surface area contributed by atoms with Crippen molar-refractivity contribution in [3.05, 3.63) is 0 Å². The van der Waals surface area contributed by atoms with Crippen LogP contribution in [-0.4, -0.2) is 23.5 Å². The second kappa shape index (κ2) is 3.84. The molecule has 0 N–H and O–H groups in total. The van der Waals surface area contributed by atoms with Gasteiger partial charge in [0.25, 0.3) is 0 Å². The second-order valence-corrected chi connectivity index (χ2v) is 6.02. The van der Waals surface area contributed by atoms with Crippen molar-refractivity contribution in [3.8, 4) is 0 Å². The molecule has 2 rings (SSSR count). The summed E-state index contributed by atoms with van der Waals surface area (Å²) in [6, 6.07) is 1.68. The van der Waals surface area contributed by atoms with Crippen molar-refractivity contribution in [3.63, 3.8) is 0 Å². The maximum atomic E-state index is 2.74. The summed E-state index contributed by atoms with van der Waals surface area (Å²) in [7, 11) is 0. The van der Waals surface area contributed by atoms with E-state index in [0.717, 1.165) is 29.8 Å². The van der Waals surface area contributed by atoms with Gasteiger partial charge in [-0.3, -0.25) is 4.90 Å². The minimum Gasteiger partial charge on any atom is -0.298 e. The Morgan fingerprint density at radius 2 is 1.71 bits per heavy atom. The molecule has 1 heterocycles. The molecule has 0 aromatic heterocycles. The minimum absolute atomic E-state index is 0.760. The van der Waals surface area contributed by atoms with E-state index < -0.39 is 0 Å². The summed E-state index contributed by atoms with van der Waals surface area (Å²) >= 11 is 0. The van der Waals surface area contributed by atoms with Crippen LogP contribution in [0.2, 0.25) is 0 Å². The topological polar surface area (TPSA) is 3.24 Å². The Hall–Kier alpha value is -0.0400. The smallest absolute Gasteiger partial charge is 0.0104 e. The minimum atomic E-state index is 0.760. The molecule has 1 aliphatic heterocycles. The number of hydrogen-bond donors (Lipinski definition) is 0. The molecule has 2 aliphatic rings. The van der Waals surface area contributed by atoms with Crippen molar-refractivity contribution in [1.82, 2.24) is 4.90 Å². The molecule has 0 amide bonds. The molecule has 1 heteroatoms. The van der Waals surface area contributed by atoms with E-state index in [1.807, 2.05) is 0 Å². The van der Waals surface area contributed by atoms with Crippen LogP contribution in [0.5, 0.6) is 0 Å². The number of likely N-dealkylation sites (tertiary alicyclic amines) is 1. The van der Waals surface area contributed by atoms with E-state index in [0.29, 0.717) is 0 Å². The molecular weight excluding hydrogens is 170 g/mol. The van der Waals surface area contributed by atoms with Crippen LogP contribution in [0.15, 0.2) is 0 Å². The fourth-order valence-corrected chi connectivity index (χ4v) is 3.49. The van der Waals surface area contributed by atoms with Gasteiger partial charge in [0.15, 0.2) is 0 Å². The summed E-state index contributed by atoms with van der Waals surface area (Å²) in [6.45, 7) is 10.9. The normalized spacial score (nSPS) is 38.6. The Labute approximate surface area is 88.9 Å². The van der Waals surface area contributed by atoms with Gasteiger partial charge in [-0.25, -0.2) is 0 Å². The third-order valence-corrected chi connectivity index (χ3v) is 4.36. The first-order chi connectivity index (χ1) is 6.58. The Kier molecular flexibility index (Phi) is 2.88. The third kappa shape index (κ3) is 1.84. The Morgan fingerprint density at radius 1 is 1.00 bits per heavy atom. The maximum Gasteiger partial charge on any atom is 0.0104 e. The van der Waals surface area contributed by atoms with E-state index in [2.05, 4.69) is 32.6 Å².